The first-order valence-electron chi connectivity index (χ1n) is 11.6. The lowest BCUT2D eigenvalue weighted by molar-refractivity contribution is 0.0725. The number of thiazole rings is 1. The molecule has 4 rings (SSSR count). The van der Waals surface area contributed by atoms with Crippen molar-refractivity contribution in [1.29, 1.82) is 0 Å². The van der Waals surface area contributed by atoms with E-state index in [1.165, 1.54) is 0 Å². The van der Waals surface area contributed by atoms with Crippen molar-refractivity contribution in [1.82, 2.24) is 14.8 Å². The molecule has 0 atom stereocenters. The van der Waals surface area contributed by atoms with E-state index in [0.717, 1.165) is 36.8 Å². The van der Waals surface area contributed by atoms with Crippen LogP contribution in [-0.2, 0) is 18.6 Å². The van der Waals surface area contributed by atoms with E-state index < -0.39 is 0 Å². The van der Waals surface area contributed by atoms with Gasteiger partial charge in [-0.1, -0.05) is 32.9 Å². The number of methoxy groups -OCH3 is 1. The van der Waals surface area contributed by atoms with E-state index in [2.05, 4.69) is 31.1 Å². The van der Waals surface area contributed by atoms with E-state index in [1.54, 1.807) is 30.6 Å². The second-order valence-corrected chi connectivity index (χ2v) is 10.4. The Morgan fingerprint density at radius 1 is 1.09 bits per heavy atom. The predicted octanol–water partition coefficient (Wildman–Crippen LogP) is 4.97. The lowest BCUT2D eigenvalue weighted by Gasteiger charge is -2.21. The molecule has 1 aliphatic heterocycles. The normalized spacial score (nSPS) is 15.2. The van der Waals surface area contributed by atoms with Gasteiger partial charge < -0.3 is 18.8 Å². The Bertz CT molecular complexity index is 1100. The van der Waals surface area contributed by atoms with Gasteiger partial charge in [0.25, 0.3) is 5.91 Å². The summed E-state index contributed by atoms with van der Waals surface area (Å²) in [7, 11) is 1.61. The number of carbonyl (C=O) groups excluding carboxylic acids is 1. The Morgan fingerprint density at radius 3 is 2.62 bits per heavy atom. The number of nitrogens with zero attached hydrogens (tertiary/aromatic N) is 3. The van der Waals surface area contributed by atoms with Gasteiger partial charge in [-0.2, -0.15) is 0 Å². The van der Waals surface area contributed by atoms with Gasteiger partial charge in [0, 0.05) is 43.5 Å². The molecule has 0 bridgehead atoms. The molecule has 0 unspecified atom stereocenters. The highest BCUT2D eigenvalue weighted by molar-refractivity contribution is 7.09. The lowest BCUT2D eigenvalue weighted by atomic mass is 9.98. The minimum atomic E-state index is -0.0749. The monoisotopic (exact) mass is 483 g/mol. The zero-order valence-corrected chi connectivity index (χ0v) is 21.2. The third-order valence-corrected chi connectivity index (χ3v) is 7.08. The van der Waals surface area contributed by atoms with Crippen LogP contribution in [0.4, 0.5) is 0 Å². The maximum absolute atomic E-state index is 13.1. The highest BCUT2D eigenvalue weighted by Crippen LogP contribution is 2.28. The molecule has 3 heterocycles. The summed E-state index contributed by atoms with van der Waals surface area (Å²) in [6, 6.07) is 11.0. The van der Waals surface area contributed by atoms with Crippen molar-refractivity contribution >= 4 is 17.2 Å². The Labute approximate surface area is 205 Å². The van der Waals surface area contributed by atoms with Crippen molar-refractivity contribution in [3.8, 4) is 11.5 Å². The van der Waals surface area contributed by atoms with Gasteiger partial charge in [0.05, 0.1) is 17.8 Å². The topological polar surface area (TPSA) is 68.0 Å². The molecule has 1 aliphatic rings. The quantitative estimate of drug-likeness (QED) is 0.473. The van der Waals surface area contributed by atoms with Crippen LogP contribution >= 0.6 is 11.3 Å². The Kier molecular flexibility index (Phi) is 7.58. The zero-order valence-electron chi connectivity index (χ0n) is 20.4. The smallest absolute Gasteiger partial charge is 0.289 e. The zero-order chi connectivity index (χ0) is 24.1. The lowest BCUT2D eigenvalue weighted by Crippen LogP contribution is -2.35. The number of aromatic nitrogens is 1. The number of benzene rings is 1. The maximum atomic E-state index is 13.1. The molecular formula is C26H33N3O4S. The van der Waals surface area contributed by atoms with Gasteiger partial charge in [0.2, 0.25) is 0 Å². The summed E-state index contributed by atoms with van der Waals surface area (Å²) in [4.78, 5) is 22.1. The number of furan rings is 1. The average Bonchev–Trinajstić information content (AvgIpc) is 3.43. The van der Waals surface area contributed by atoms with Crippen molar-refractivity contribution in [2.75, 3.05) is 33.3 Å². The van der Waals surface area contributed by atoms with Crippen molar-refractivity contribution in [3.63, 3.8) is 0 Å². The Balaban J connectivity index is 1.31. The third kappa shape index (κ3) is 5.98. The molecule has 0 spiro atoms. The van der Waals surface area contributed by atoms with Crippen LogP contribution in [-0.4, -0.2) is 54.0 Å². The average molecular weight is 484 g/mol. The summed E-state index contributed by atoms with van der Waals surface area (Å²) >= 11 is 1.73. The van der Waals surface area contributed by atoms with Crippen LogP contribution in [0.1, 0.15) is 54.2 Å². The van der Waals surface area contributed by atoms with Crippen LogP contribution in [0, 0.1) is 0 Å². The molecule has 1 amide bonds. The molecule has 1 aromatic carbocycles. The van der Waals surface area contributed by atoms with Gasteiger partial charge in [-0.05, 0) is 30.7 Å². The Morgan fingerprint density at radius 2 is 1.88 bits per heavy atom. The highest BCUT2D eigenvalue weighted by Gasteiger charge is 2.24. The number of rotatable bonds is 7. The number of carbonyl (C=O) groups is 1. The minimum absolute atomic E-state index is 0.0744. The first-order chi connectivity index (χ1) is 16.3. The van der Waals surface area contributed by atoms with Crippen molar-refractivity contribution < 1.29 is 18.7 Å². The van der Waals surface area contributed by atoms with E-state index in [-0.39, 0.29) is 17.9 Å². The number of amides is 1. The second kappa shape index (κ2) is 10.6. The fourth-order valence-corrected chi connectivity index (χ4v) is 4.80. The SMILES string of the molecule is COc1ccccc1OCc1ccc(C(=O)N2CCCN(Cc3csc(C(C)(C)C)n3)CC2)o1. The van der Waals surface area contributed by atoms with Gasteiger partial charge >= 0.3 is 0 Å². The summed E-state index contributed by atoms with van der Waals surface area (Å²) in [5, 5.41) is 3.32. The summed E-state index contributed by atoms with van der Waals surface area (Å²) in [5.41, 5.74) is 1.19. The molecule has 0 N–H and O–H groups in total. The first-order valence-corrected chi connectivity index (χ1v) is 12.5. The molecule has 0 radical (unpaired) electrons. The molecule has 1 fully saturated rings. The van der Waals surface area contributed by atoms with E-state index in [1.807, 2.05) is 29.2 Å². The van der Waals surface area contributed by atoms with Gasteiger partial charge in [-0.25, -0.2) is 4.98 Å². The molecule has 0 saturated carbocycles. The molecule has 182 valence electrons. The largest absolute Gasteiger partial charge is 0.493 e. The van der Waals surface area contributed by atoms with Crippen LogP contribution in [0.25, 0.3) is 0 Å². The number of ether oxygens (including phenoxy) is 2. The van der Waals surface area contributed by atoms with Gasteiger partial charge in [-0.3, -0.25) is 9.69 Å². The summed E-state index contributed by atoms with van der Waals surface area (Å²) in [6.07, 6.45) is 0.923. The number of para-hydroxylation sites is 2. The fraction of sp³-hybridized carbons (Fsp3) is 0.462. The minimum Gasteiger partial charge on any atom is -0.493 e. The van der Waals surface area contributed by atoms with E-state index in [4.69, 9.17) is 18.9 Å². The molecular weight excluding hydrogens is 450 g/mol. The van der Waals surface area contributed by atoms with E-state index in [0.29, 0.717) is 36.1 Å². The van der Waals surface area contributed by atoms with Crippen LogP contribution < -0.4 is 9.47 Å². The molecule has 7 nitrogen and oxygen atoms in total. The van der Waals surface area contributed by atoms with Crippen LogP contribution in [0.3, 0.4) is 0 Å². The third-order valence-electron chi connectivity index (χ3n) is 5.77. The van der Waals surface area contributed by atoms with Crippen LogP contribution in [0.15, 0.2) is 46.2 Å². The number of hydrogen-bond acceptors (Lipinski definition) is 7. The summed E-state index contributed by atoms with van der Waals surface area (Å²) in [6.45, 7) is 10.8. The van der Waals surface area contributed by atoms with E-state index in [9.17, 15) is 4.79 Å². The predicted molar refractivity (Wildman–Crippen MR) is 133 cm³/mol. The fourth-order valence-electron chi connectivity index (χ4n) is 3.90. The molecule has 8 heteroatoms. The second-order valence-electron chi connectivity index (χ2n) is 9.52. The molecule has 2 aromatic heterocycles. The molecule has 3 aromatic rings. The summed E-state index contributed by atoms with van der Waals surface area (Å²) < 4.78 is 16.9. The van der Waals surface area contributed by atoms with Gasteiger partial charge in [0.1, 0.15) is 12.4 Å². The van der Waals surface area contributed by atoms with Gasteiger partial charge in [-0.15, -0.1) is 11.3 Å². The van der Waals surface area contributed by atoms with Crippen LogP contribution in [0.5, 0.6) is 11.5 Å². The molecule has 1 saturated heterocycles. The van der Waals surface area contributed by atoms with Crippen molar-refractivity contribution in [2.45, 2.75) is 45.8 Å². The van der Waals surface area contributed by atoms with Crippen LogP contribution in [0.2, 0.25) is 0 Å². The maximum Gasteiger partial charge on any atom is 0.289 e. The Hall–Kier alpha value is -2.84. The molecule has 0 aliphatic carbocycles. The summed E-state index contributed by atoms with van der Waals surface area (Å²) in [5.74, 6) is 2.17. The van der Waals surface area contributed by atoms with Crippen molar-refractivity contribution in [2.24, 2.45) is 0 Å². The van der Waals surface area contributed by atoms with Crippen molar-refractivity contribution in [3.05, 3.63) is 64.0 Å². The number of hydrogen-bond donors (Lipinski definition) is 0. The molecule has 34 heavy (non-hydrogen) atoms. The van der Waals surface area contributed by atoms with E-state index >= 15 is 0 Å². The standard InChI is InChI=1S/C26H33N3O4S/c1-26(2,3)25-27-19(18-34-25)16-28-12-7-13-29(15-14-28)24(30)23-11-10-20(33-23)17-32-22-9-6-5-8-21(22)31-4/h5-6,8-11,18H,7,12-17H2,1-4H3. The van der Waals surface area contributed by atoms with Gasteiger partial charge in [0.15, 0.2) is 17.3 Å². The first kappa shape index (κ1) is 24.3. The highest BCUT2D eigenvalue weighted by atomic mass is 32.1.